The van der Waals surface area contributed by atoms with Crippen LogP contribution >= 0.6 is 0 Å². The average molecular weight is 355 g/mol. The van der Waals surface area contributed by atoms with Gasteiger partial charge in [0.05, 0.1) is 11.0 Å². The molecule has 3 unspecified atom stereocenters. The van der Waals surface area contributed by atoms with Gasteiger partial charge in [0, 0.05) is 24.7 Å². The summed E-state index contributed by atoms with van der Waals surface area (Å²) in [6.07, 6.45) is 7.81. The summed E-state index contributed by atoms with van der Waals surface area (Å²) in [5.74, 6) is 2.06. The Morgan fingerprint density at radius 3 is 2.85 bits per heavy atom. The summed E-state index contributed by atoms with van der Waals surface area (Å²) in [4.78, 5) is 2.62. The summed E-state index contributed by atoms with van der Waals surface area (Å²) < 4.78 is 6.37. The van der Waals surface area contributed by atoms with Crippen LogP contribution in [0.2, 0.25) is 0 Å². The molecule has 26 heavy (non-hydrogen) atoms. The lowest BCUT2D eigenvalue weighted by Gasteiger charge is -2.66. The fourth-order valence-electron chi connectivity index (χ4n) is 7.37. The molecule has 1 spiro atoms. The number of benzene rings is 1. The maximum Gasteiger partial charge on any atom is 0.165 e. The van der Waals surface area contributed by atoms with Crippen LogP contribution in [0.1, 0.15) is 56.6 Å². The highest BCUT2D eigenvalue weighted by atomic mass is 16.5. The Labute approximate surface area is 155 Å². The fraction of sp³-hybridized carbons (Fsp3) is 0.727. The van der Waals surface area contributed by atoms with E-state index in [9.17, 15) is 10.2 Å². The minimum absolute atomic E-state index is 0.00644. The van der Waals surface area contributed by atoms with E-state index < -0.39 is 5.60 Å². The average Bonchev–Trinajstić information content (AvgIpc) is 2.93. The Balaban J connectivity index is 1.55. The Morgan fingerprint density at radius 2 is 2.08 bits per heavy atom. The molecule has 5 aliphatic rings. The molecule has 3 aliphatic carbocycles. The molecule has 2 heterocycles. The van der Waals surface area contributed by atoms with Gasteiger partial charge in [-0.3, -0.25) is 4.90 Å². The number of piperidine rings is 1. The molecule has 2 N–H and O–H groups in total. The van der Waals surface area contributed by atoms with Crippen LogP contribution in [0.3, 0.4) is 0 Å². The first-order valence-electron chi connectivity index (χ1n) is 10.5. The quantitative estimate of drug-likeness (QED) is 0.856. The minimum Gasteiger partial charge on any atom is -0.504 e. The van der Waals surface area contributed by atoms with E-state index in [0.29, 0.717) is 11.7 Å². The second-order valence-electron chi connectivity index (χ2n) is 9.61. The summed E-state index contributed by atoms with van der Waals surface area (Å²) >= 11 is 0. The number of ether oxygens (including phenoxy) is 1. The Hall–Kier alpha value is -1.26. The van der Waals surface area contributed by atoms with E-state index in [-0.39, 0.29) is 23.3 Å². The molecule has 5 atom stereocenters. The molecule has 2 aliphatic heterocycles. The number of rotatable bonds is 2. The van der Waals surface area contributed by atoms with Gasteiger partial charge in [-0.25, -0.2) is 0 Å². The zero-order valence-corrected chi connectivity index (χ0v) is 15.6. The molecule has 1 aromatic rings. The zero-order valence-electron chi connectivity index (χ0n) is 15.6. The number of aliphatic hydroxyl groups is 1. The maximum atomic E-state index is 12.2. The van der Waals surface area contributed by atoms with Crippen molar-refractivity contribution in [1.29, 1.82) is 0 Å². The predicted octanol–water partition coefficient (Wildman–Crippen LogP) is 2.98. The van der Waals surface area contributed by atoms with Crippen molar-refractivity contribution in [2.45, 2.75) is 75.0 Å². The van der Waals surface area contributed by atoms with E-state index >= 15 is 0 Å². The van der Waals surface area contributed by atoms with E-state index in [1.807, 2.05) is 0 Å². The smallest absolute Gasteiger partial charge is 0.165 e. The van der Waals surface area contributed by atoms with Crippen LogP contribution in [0.5, 0.6) is 11.5 Å². The molecule has 3 fully saturated rings. The molecular formula is C22H29NO3. The van der Waals surface area contributed by atoms with Crippen LogP contribution < -0.4 is 4.74 Å². The fourth-order valence-corrected chi connectivity index (χ4v) is 7.37. The van der Waals surface area contributed by atoms with Crippen LogP contribution in [0.25, 0.3) is 0 Å². The Bertz CT molecular complexity index is 775. The summed E-state index contributed by atoms with van der Waals surface area (Å²) in [5.41, 5.74) is 1.37. The number of hydrogen-bond donors (Lipinski definition) is 2. The van der Waals surface area contributed by atoms with Gasteiger partial charge in [-0.2, -0.15) is 0 Å². The largest absolute Gasteiger partial charge is 0.504 e. The molecule has 4 heteroatoms. The van der Waals surface area contributed by atoms with E-state index in [1.165, 1.54) is 24.8 Å². The normalized spacial score (nSPS) is 43.5. The minimum atomic E-state index is -0.733. The third-order valence-corrected chi connectivity index (χ3v) is 8.55. The van der Waals surface area contributed by atoms with Crippen LogP contribution in [0.4, 0.5) is 0 Å². The highest BCUT2D eigenvalue weighted by Gasteiger charge is 2.73. The van der Waals surface area contributed by atoms with E-state index in [0.717, 1.165) is 50.3 Å². The lowest BCUT2D eigenvalue weighted by atomic mass is 9.46. The lowest BCUT2D eigenvalue weighted by Crippen LogP contribution is -2.78. The molecule has 1 aromatic carbocycles. The summed E-state index contributed by atoms with van der Waals surface area (Å²) in [6.45, 7) is 4.49. The molecule has 2 bridgehead atoms. The van der Waals surface area contributed by atoms with E-state index in [1.54, 1.807) is 6.07 Å². The highest BCUT2D eigenvalue weighted by molar-refractivity contribution is 5.62. The third kappa shape index (κ3) is 1.61. The Kier molecular flexibility index (Phi) is 3.01. The number of likely N-dealkylation sites (tertiary alicyclic amines) is 1. The number of phenols is 1. The first-order chi connectivity index (χ1) is 12.6. The lowest BCUT2D eigenvalue weighted by molar-refractivity contribution is -0.208. The van der Waals surface area contributed by atoms with Crippen molar-refractivity contribution in [3.05, 3.63) is 23.3 Å². The van der Waals surface area contributed by atoms with Crippen molar-refractivity contribution >= 4 is 0 Å². The summed E-state index contributed by atoms with van der Waals surface area (Å²) in [7, 11) is 0. The van der Waals surface area contributed by atoms with E-state index in [2.05, 4.69) is 17.9 Å². The monoisotopic (exact) mass is 355 g/mol. The van der Waals surface area contributed by atoms with Gasteiger partial charge in [0.25, 0.3) is 0 Å². The van der Waals surface area contributed by atoms with Gasteiger partial charge in [-0.15, -0.1) is 0 Å². The predicted molar refractivity (Wildman–Crippen MR) is 98.6 cm³/mol. The van der Waals surface area contributed by atoms with Crippen molar-refractivity contribution in [2.75, 3.05) is 13.1 Å². The maximum absolute atomic E-state index is 12.2. The number of hydrogen-bond acceptors (Lipinski definition) is 4. The molecule has 6 rings (SSSR count). The molecule has 4 nitrogen and oxygen atoms in total. The van der Waals surface area contributed by atoms with Gasteiger partial charge < -0.3 is 14.9 Å². The highest BCUT2D eigenvalue weighted by Crippen LogP contribution is 2.67. The number of aromatic hydroxyl groups is 1. The van der Waals surface area contributed by atoms with Crippen LogP contribution in [0, 0.1) is 11.8 Å². The topological polar surface area (TPSA) is 52.9 Å². The third-order valence-electron chi connectivity index (χ3n) is 8.55. The summed E-state index contributed by atoms with van der Waals surface area (Å²) in [5, 5.41) is 22.7. The molecule has 0 aromatic heterocycles. The molecule has 1 saturated heterocycles. The van der Waals surface area contributed by atoms with Gasteiger partial charge in [0.2, 0.25) is 0 Å². The van der Waals surface area contributed by atoms with Crippen LogP contribution in [-0.4, -0.2) is 45.9 Å². The second-order valence-corrected chi connectivity index (χ2v) is 9.61. The van der Waals surface area contributed by atoms with Gasteiger partial charge in [-0.05, 0) is 62.0 Å². The molecule has 0 radical (unpaired) electrons. The van der Waals surface area contributed by atoms with Crippen molar-refractivity contribution < 1.29 is 14.9 Å². The van der Waals surface area contributed by atoms with E-state index in [4.69, 9.17) is 4.74 Å². The van der Waals surface area contributed by atoms with Crippen LogP contribution in [0.15, 0.2) is 12.1 Å². The second kappa shape index (κ2) is 4.96. The molecular weight excluding hydrogens is 326 g/mol. The van der Waals surface area contributed by atoms with Crippen molar-refractivity contribution in [1.82, 2.24) is 4.90 Å². The molecule has 140 valence electrons. The standard InChI is InChI=1S/C22H29NO3/c1-13-11-23(12-14-4-2-5-14)17-10-15-7-8-16(24)20-19(15)22(13)18(26-20)6-3-9-21(17,22)25/h7-8,13-14,17-18,24-25H,2-6,9-12H2,1H3/t13-,17?,18-,21?,22?/m0/s1. The van der Waals surface area contributed by atoms with Crippen LogP contribution in [-0.2, 0) is 11.8 Å². The zero-order chi connectivity index (χ0) is 17.7. The number of nitrogens with zero attached hydrogens (tertiary/aromatic N) is 1. The number of phenolic OH excluding ortho intramolecular Hbond substituents is 1. The first-order valence-corrected chi connectivity index (χ1v) is 10.5. The van der Waals surface area contributed by atoms with Gasteiger partial charge in [-0.1, -0.05) is 19.4 Å². The van der Waals surface area contributed by atoms with Gasteiger partial charge in [0.15, 0.2) is 11.5 Å². The first kappa shape index (κ1) is 15.8. The van der Waals surface area contributed by atoms with Crippen molar-refractivity contribution in [2.24, 2.45) is 11.8 Å². The summed E-state index contributed by atoms with van der Waals surface area (Å²) in [6, 6.07) is 4.07. The van der Waals surface area contributed by atoms with Gasteiger partial charge in [0.1, 0.15) is 6.10 Å². The molecule has 2 saturated carbocycles. The Morgan fingerprint density at radius 1 is 1.23 bits per heavy atom. The van der Waals surface area contributed by atoms with Gasteiger partial charge >= 0.3 is 0 Å². The van der Waals surface area contributed by atoms with Crippen molar-refractivity contribution in [3.63, 3.8) is 0 Å². The molecule has 0 amide bonds. The van der Waals surface area contributed by atoms with Crippen molar-refractivity contribution in [3.8, 4) is 11.5 Å². The SMILES string of the molecule is C[C@H]1CN(CC2CCC2)C2Cc3ccc(O)c4c3C13[C@H](CCCC23O)O4.